The highest BCUT2D eigenvalue weighted by Gasteiger charge is 2.33. The van der Waals surface area contributed by atoms with E-state index in [2.05, 4.69) is 28.5 Å². The maximum Gasteiger partial charge on any atom is 0.269 e. The normalized spacial score (nSPS) is 18.5. The first-order chi connectivity index (χ1) is 14.1. The summed E-state index contributed by atoms with van der Waals surface area (Å²) < 4.78 is 0. The van der Waals surface area contributed by atoms with Crippen LogP contribution in [0.1, 0.15) is 34.3 Å². The van der Waals surface area contributed by atoms with Crippen LogP contribution in [0.5, 0.6) is 0 Å². The second-order valence-corrected chi connectivity index (χ2v) is 7.67. The molecule has 1 aliphatic rings. The van der Waals surface area contributed by atoms with Gasteiger partial charge in [-0.25, -0.2) is 0 Å². The number of benzene rings is 3. The number of H-pyrrole nitrogens is 1. The van der Waals surface area contributed by atoms with E-state index in [1.807, 2.05) is 36.4 Å². The molecule has 0 spiro atoms. The SMILES string of the molecule is O=[N+]([O-])c1cccc([C@H]2NC[C@@H](c3ccccc3Cl)c3c2[nH]c2ccccc32)c1. The lowest BCUT2D eigenvalue weighted by molar-refractivity contribution is -0.384. The van der Waals surface area contributed by atoms with Crippen molar-refractivity contribution in [2.75, 3.05) is 6.54 Å². The number of non-ortho nitro benzene ring substituents is 1. The largest absolute Gasteiger partial charge is 0.357 e. The quantitative estimate of drug-likeness (QED) is 0.348. The summed E-state index contributed by atoms with van der Waals surface area (Å²) in [7, 11) is 0. The predicted molar refractivity (Wildman–Crippen MR) is 115 cm³/mol. The van der Waals surface area contributed by atoms with E-state index in [0.717, 1.165) is 32.7 Å². The van der Waals surface area contributed by atoms with E-state index in [1.165, 1.54) is 11.6 Å². The van der Waals surface area contributed by atoms with Crippen molar-refractivity contribution >= 4 is 28.2 Å². The molecule has 3 aromatic carbocycles. The standard InChI is InChI=1S/C23H18ClN3O2/c24-19-10-3-1-8-16(19)18-13-25-22(14-6-5-7-15(12-14)27(28)29)23-21(18)17-9-2-4-11-20(17)26-23/h1-12,18,22,25-26H,13H2/t18-,22+/m0/s1. The summed E-state index contributed by atoms with van der Waals surface area (Å²) >= 11 is 6.54. The fourth-order valence-electron chi connectivity index (χ4n) is 4.35. The molecule has 29 heavy (non-hydrogen) atoms. The Morgan fingerprint density at radius 2 is 1.79 bits per heavy atom. The second-order valence-electron chi connectivity index (χ2n) is 7.27. The number of aromatic amines is 1. The first-order valence-electron chi connectivity index (χ1n) is 9.46. The summed E-state index contributed by atoms with van der Waals surface area (Å²) in [6.45, 7) is 0.686. The van der Waals surface area contributed by atoms with Gasteiger partial charge in [0.25, 0.3) is 5.69 Å². The molecule has 1 aromatic heterocycles. The van der Waals surface area contributed by atoms with Gasteiger partial charge in [-0.3, -0.25) is 10.1 Å². The molecule has 2 heterocycles. The fourth-order valence-corrected chi connectivity index (χ4v) is 4.62. The lowest BCUT2D eigenvalue weighted by atomic mass is 9.83. The molecule has 4 aromatic rings. The van der Waals surface area contributed by atoms with Gasteiger partial charge in [-0.05, 0) is 28.8 Å². The summed E-state index contributed by atoms with van der Waals surface area (Å²) in [4.78, 5) is 14.5. The molecule has 0 amide bonds. The van der Waals surface area contributed by atoms with Crippen LogP contribution < -0.4 is 5.32 Å². The van der Waals surface area contributed by atoms with Crippen LogP contribution in [0.25, 0.3) is 10.9 Å². The molecule has 0 unspecified atom stereocenters. The summed E-state index contributed by atoms with van der Waals surface area (Å²) in [6.07, 6.45) is 0. The van der Waals surface area contributed by atoms with E-state index in [1.54, 1.807) is 12.1 Å². The van der Waals surface area contributed by atoms with Crippen molar-refractivity contribution in [2.24, 2.45) is 0 Å². The highest BCUT2D eigenvalue weighted by molar-refractivity contribution is 6.31. The van der Waals surface area contributed by atoms with Crippen molar-refractivity contribution in [2.45, 2.75) is 12.0 Å². The number of halogens is 1. The smallest absolute Gasteiger partial charge is 0.269 e. The van der Waals surface area contributed by atoms with E-state index < -0.39 is 0 Å². The zero-order valence-electron chi connectivity index (χ0n) is 15.4. The molecular formula is C23H18ClN3O2. The summed E-state index contributed by atoms with van der Waals surface area (Å²) in [5.74, 6) is 0.0878. The number of para-hydroxylation sites is 1. The fraction of sp³-hybridized carbons (Fsp3) is 0.130. The molecule has 0 bridgehead atoms. The second kappa shape index (κ2) is 7.03. The van der Waals surface area contributed by atoms with Gasteiger partial charge in [0.15, 0.2) is 0 Å². The average Bonchev–Trinajstić information content (AvgIpc) is 3.13. The van der Waals surface area contributed by atoms with Crippen LogP contribution in [0, 0.1) is 10.1 Å². The first-order valence-corrected chi connectivity index (χ1v) is 9.84. The van der Waals surface area contributed by atoms with Gasteiger partial charge in [-0.2, -0.15) is 0 Å². The van der Waals surface area contributed by atoms with Crippen molar-refractivity contribution in [1.29, 1.82) is 0 Å². The monoisotopic (exact) mass is 403 g/mol. The van der Waals surface area contributed by atoms with Gasteiger partial charge in [-0.15, -0.1) is 0 Å². The number of rotatable bonds is 3. The van der Waals surface area contributed by atoms with E-state index >= 15 is 0 Å². The third-order valence-electron chi connectivity index (χ3n) is 5.63. The number of nitrogens with one attached hydrogen (secondary N) is 2. The lowest BCUT2D eigenvalue weighted by Crippen LogP contribution is -2.34. The number of aromatic nitrogens is 1. The van der Waals surface area contributed by atoms with Crippen LogP contribution in [-0.2, 0) is 0 Å². The van der Waals surface area contributed by atoms with Crippen molar-refractivity contribution < 1.29 is 4.92 Å². The molecular weight excluding hydrogens is 386 g/mol. The Kier molecular flexibility index (Phi) is 4.34. The summed E-state index contributed by atoms with van der Waals surface area (Å²) in [6, 6.07) is 22.8. The molecule has 6 heteroatoms. The van der Waals surface area contributed by atoms with Gasteiger partial charge in [0.2, 0.25) is 0 Å². The Morgan fingerprint density at radius 1 is 1.00 bits per heavy atom. The molecule has 5 nitrogen and oxygen atoms in total. The van der Waals surface area contributed by atoms with Crippen LogP contribution in [0.2, 0.25) is 5.02 Å². The Hall–Kier alpha value is -3.15. The van der Waals surface area contributed by atoms with Gasteiger partial charge in [0.05, 0.1) is 11.0 Å². The molecule has 0 fully saturated rings. The van der Waals surface area contributed by atoms with E-state index in [0.29, 0.717) is 6.54 Å². The van der Waals surface area contributed by atoms with Gasteiger partial charge in [-0.1, -0.05) is 60.1 Å². The van der Waals surface area contributed by atoms with Crippen LogP contribution in [0.4, 0.5) is 5.69 Å². The van der Waals surface area contributed by atoms with E-state index in [4.69, 9.17) is 11.6 Å². The van der Waals surface area contributed by atoms with Crippen molar-refractivity contribution in [3.63, 3.8) is 0 Å². The molecule has 5 rings (SSSR count). The number of nitro benzene ring substituents is 1. The predicted octanol–water partition coefficient (Wildman–Crippen LogP) is 5.55. The number of fused-ring (bicyclic) bond motifs is 3. The number of nitrogens with zero attached hydrogens (tertiary/aromatic N) is 1. The highest BCUT2D eigenvalue weighted by Crippen LogP contribution is 2.43. The Bertz CT molecular complexity index is 1230. The van der Waals surface area contributed by atoms with Crippen LogP contribution in [0.15, 0.2) is 72.8 Å². The molecule has 0 saturated carbocycles. The number of hydrogen-bond donors (Lipinski definition) is 2. The third-order valence-corrected chi connectivity index (χ3v) is 5.98. The van der Waals surface area contributed by atoms with Crippen molar-refractivity contribution in [3.8, 4) is 0 Å². The number of nitro groups is 1. The summed E-state index contributed by atoms with van der Waals surface area (Å²) in [5.41, 5.74) is 5.31. The molecule has 2 N–H and O–H groups in total. The average molecular weight is 404 g/mol. The van der Waals surface area contributed by atoms with E-state index in [-0.39, 0.29) is 22.6 Å². The lowest BCUT2D eigenvalue weighted by Gasteiger charge is -2.31. The van der Waals surface area contributed by atoms with E-state index in [9.17, 15) is 10.1 Å². The Morgan fingerprint density at radius 3 is 2.62 bits per heavy atom. The molecule has 0 aliphatic carbocycles. The molecule has 0 radical (unpaired) electrons. The van der Waals surface area contributed by atoms with Crippen LogP contribution in [-0.4, -0.2) is 16.5 Å². The zero-order chi connectivity index (χ0) is 20.0. The third kappa shape index (κ3) is 2.99. The van der Waals surface area contributed by atoms with Crippen LogP contribution in [0.3, 0.4) is 0 Å². The van der Waals surface area contributed by atoms with Gasteiger partial charge < -0.3 is 10.3 Å². The molecule has 2 atom stereocenters. The van der Waals surface area contributed by atoms with Gasteiger partial charge in [0, 0.05) is 46.2 Å². The van der Waals surface area contributed by atoms with Gasteiger partial charge in [0.1, 0.15) is 0 Å². The maximum absolute atomic E-state index is 11.3. The molecule has 144 valence electrons. The Labute approximate surface area is 172 Å². The topological polar surface area (TPSA) is 71.0 Å². The molecule has 1 aliphatic heterocycles. The minimum atomic E-state index is -0.356. The minimum Gasteiger partial charge on any atom is -0.357 e. The first kappa shape index (κ1) is 17.9. The van der Waals surface area contributed by atoms with Crippen molar-refractivity contribution in [3.05, 3.63) is 110 Å². The van der Waals surface area contributed by atoms with Crippen molar-refractivity contribution in [1.82, 2.24) is 10.3 Å². The maximum atomic E-state index is 11.3. The van der Waals surface area contributed by atoms with Crippen LogP contribution >= 0.6 is 11.6 Å². The minimum absolute atomic E-state index is 0.0878. The molecule has 0 saturated heterocycles. The Balaban J connectivity index is 1.70. The number of hydrogen-bond acceptors (Lipinski definition) is 3. The summed E-state index contributed by atoms with van der Waals surface area (Å²) in [5, 5.41) is 16.7. The zero-order valence-corrected chi connectivity index (χ0v) is 16.2. The van der Waals surface area contributed by atoms with Gasteiger partial charge >= 0.3 is 0 Å². The highest BCUT2D eigenvalue weighted by atomic mass is 35.5.